The maximum Gasteiger partial charge on any atom is 0.192 e. The largest absolute Gasteiger partial charge is 0.413 e. The van der Waals surface area contributed by atoms with Crippen molar-refractivity contribution in [1.29, 1.82) is 0 Å². The van der Waals surface area contributed by atoms with E-state index in [-0.39, 0.29) is 10.5 Å². The topological polar surface area (TPSA) is 26.3 Å². The van der Waals surface area contributed by atoms with E-state index in [9.17, 15) is 4.79 Å². The number of fused-ring (bicyclic) bond motifs is 5. The van der Waals surface area contributed by atoms with Crippen molar-refractivity contribution < 1.29 is 9.22 Å². The Morgan fingerprint density at radius 3 is 2.43 bits per heavy atom. The summed E-state index contributed by atoms with van der Waals surface area (Å²) in [5, 5.41) is 0.281. The van der Waals surface area contributed by atoms with Crippen LogP contribution in [0.4, 0.5) is 0 Å². The van der Waals surface area contributed by atoms with Crippen molar-refractivity contribution in [2.75, 3.05) is 0 Å². The molecule has 2 nitrogen and oxygen atoms in total. The number of carbonyl (C=O) groups is 1. The highest BCUT2D eigenvalue weighted by Gasteiger charge is 2.60. The second kappa shape index (κ2) is 6.54. The van der Waals surface area contributed by atoms with Crippen molar-refractivity contribution in [3.8, 4) is 0 Å². The Morgan fingerprint density at radius 1 is 1.04 bits per heavy atom. The van der Waals surface area contributed by atoms with Gasteiger partial charge in [-0.1, -0.05) is 40.7 Å². The molecule has 4 aliphatic rings. The molecule has 3 heteroatoms. The van der Waals surface area contributed by atoms with Crippen LogP contribution in [0.5, 0.6) is 0 Å². The molecule has 0 aromatic carbocycles. The minimum absolute atomic E-state index is 0.247. The predicted molar refractivity (Wildman–Crippen MR) is 119 cm³/mol. The summed E-state index contributed by atoms with van der Waals surface area (Å²) in [6, 6.07) is 0. The first-order valence-electron chi connectivity index (χ1n) is 11.8. The molecule has 4 rings (SSSR count). The molecular weight excluding hydrogens is 360 g/mol. The number of ketones is 1. The van der Waals surface area contributed by atoms with Crippen molar-refractivity contribution in [3.05, 3.63) is 12.2 Å². The fourth-order valence-corrected chi connectivity index (χ4v) is 8.76. The van der Waals surface area contributed by atoms with E-state index in [2.05, 4.69) is 53.8 Å². The summed E-state index contributed by atoms with van der Waals surface area (Å²) in [4.78, 5) is 12.0. The molecule has 4 aliphatic carbocycles. The van der Waals surface area contributed by atoms with Gasteiger partial charge in [0.05, 0.1) is 6.10 Å². The summed E-state index contributed by atoms with van der Waals surface area (Å²) < 4.78 is 7.04. The fourth-order valence-electron chi connectivity index (χ4n) is 7.31. The molecule has 28 heavy (non-hydrogen) atoms. The predicted octanol–water partition coefficient (Wildman–Crippen LogP) is 6.76. The van der Waals surface area contributed by atoms with E-state index in [1.165, 1.54) is 38.5 Å². The Kier molecular flexibility index (Phi) is 4.87. The average Bonchev–Trinajstić information content (AvgIpc) is 2.91. The van der Waals surface area contributed by atoms with Gasteiger partial charge in [-0.3, -0.25) is 4.79 Å². The van der Waals surface area contributed by atoms with Crippen LogP contribution in [0.1, 0.15) is 79.6 Å². The zero-order valence-electron chi connectivity index (χ0n) is 19.3. The van der Waals surface area contributed by atoms with Gasteiger partial charge in [0.1, 0.15) is 0 Å². The Morgan fingerprint density at radius 2 is 1.75 bits per heavy atom. The molecular formula is C25H42O2Si. The van der Waals surface area contributed by atoms with Crippen LogP contribution in [-0.4, -0.2) is 20.2 Å². The van der Waals surface area contributed by atoms with Gasteiger partial charge in [-0.2, -0.15) is 0 Å². The first-order valence-corrected chi connectivity index (χ1v) is 14.7. The number of rotatable bonds is 2. The van der Waals surface area contributed by atoms with Crippen LogP contribution in [0.25, 0.3) is 0 Å². The van der Waals surface area contributed by atoms with Crippen molar-refractivity contribution in [2.24, 2.45) is 34.5 Å². The molecule has 0 heterocycles. The summed E-state index contributed by atoms with van der Waals surface area (Å²) >= 11 is 0. The van der Waals surface area contributed by atoms with Gasteiger partial charge >= 0.3 is 0 Å². The molecule has 0 aliphatic heterocycles. The number of allylic oxidation sites excluding steroid dienone is 2. The van der Waals surface area contributed by atoms with Gasteiger partial charge in [-0.25, -0.2) is 0 Å². The van der Waals surface area contributed by atoms with E-state index >= 15 is 0 Å². The van der Waals surface area contributed by atoms with E-state index in [0.29, 0.717) is 23.2 Å². The lowest BCUT2D eigenvalue weighted by molar-refractivity contribution is -0.123. The zero-order chi connectivity index (χ0) is 20.5. The lowest BCUT2D eigenvalue weighted by atomic mass is 9.46. The van der Waals surface area contributed by atoms with Gasteiger partial charge in [0.15, 0.2) is 14.1 Å². The van der Waals surface area contributed by atoms with Crippen molar-refractivity contribution >= 4 is 14.1 Å². The quantitative estimate of drug-likeness (QED) is 0.477. The van der Waals surface area contributed by atoms with E-state index in [4.69, 9.17) is 4.43 Å². The van der Waals surface area contributed by atoms with Crippen LogP contribution < -0.4 is 0 Å². The minimum Gasteiger partial charge on any atom is -0.413 e. The molecule has 0 aromatic rings. The van der Waals surface area contributed by atoms with Crippen LogP contribution in [0.3, 0.4) is 0 Å². The van der Waals surface area contributed by atoms with Gasteiger partial charge in [-0.15, -0.1) is 0 Å². The van der Waals surface area contributed by atoms with Crippen LogP contribution in [0.2, 0.25) is 18.1 Å². The molecule has 7 atom stereocenters. The summed E-state index contributed by atoms with van der Waals surface area (Å²) in [7, 11) is -1.74. The van der Waals surface area contributed by atoms with Crippen molar-refractivity contribution in [1.82, 2.24) is 0 Å². The van der Waals surface area contributed by atoms with Crippen LogP contribution in [0.15, 0.2) is 12.2 Å². The maximum atomic E-state index is 12.0. The van der Waals surface area contributed by atoms with Crippen LogP contribution in [0, 0.1) is 34.5 Å². The molecule has 0 bridgehead atoms. The molecule has 0 amide bonds. The lowest BCUT2D eigenvalue weighted by Crippen LogP contribution is -2.54. The maximum absolute atomic E-state index is 12.0. The van der Waals surface area contributed by atoms with Gasteiger partial charge in [0.2, 0.25) is 0 Å². The van der Waals surface area contributed by atoms with E-state index < -0.39 is 8.32 Å². The normalized spacial score (nSPS) is 46.1. The first-order chi connectivity index (χ1) is 12.9. The highest BCUT2D eigenvalue weighted by Crippen LogP contribution is 2.65. The number of hydrogen-bond donors (Lipinski definition) is 0. The summed E-state index contributed by atoms with van der Waals surface area (Å²) in [6.45, 7) is 17.0. The minimum atomic E-state index is -1.74. The third-order valence-electron chi connectivity index (χ3n) is 10.2. The van der Waals surface area contributed by atoms with E-state index in [1.54, 1.807) is 0 Å². The molecule has 0 radical (unpaired) electrons. The second-order valence-corrected chi connectivity index (χ2v) is 17.3. The zero-order valence-corrected chi connectivity index (χ0v) is 20.3. The first kappa shape index (κ1) is 20.8. The summed E-state index contributed by atoms with van der Waals surface area (Å²) in [5.74, 6) is 3.33. The second-order valence-electron chi connectivity index (χ2n) is 12.5. The van der Waals surface area contributed by atoms with Gasteiger partial charge in [-0.05, 0) is 97.2 Å². The fraction of sp³-hybridized carbons (Fsp3) is 0.880. The smallest absolute Gasteiger partial charge is 0.192 e. The average molecular weight is 403 g/mol. The molecule has 1 unspecified atom stereocenters. The third kappa shape index (κ3) is 3.02. The molecule has 3 saturated carbocycles. The number of carbonyl (C=O) groups excluding carboxylic acids is 1. The van der Waals surface area contributed by atoms with Gasteiger partial charge in [0.25, 0.3) is 0 Å². The van der Waals surface area contributed by atoms with Crippen LogP contribution >= 0.6 is 0 Å². The molecule has 3 fully saturated rings. The Bertz CT molecular complexity index is 675. The highest BCUT2D eigenvalue weighted by atomic mass is 28.4. The Hall–Kier alpha value is -0.413. The van der Waals surface area contributed by atoms with Crippen LogP contribution in [-0.2, 0) is 9.22 Å². The third-order valence-corrected chi connectivity index (χ3v) is 14.7. The Balaban J connectivity index is 1.57. The van der Waals surface area contributed by atoms with Gasteiger partial charge < -0.3 is 4.43 Å². The molecule has 0 N–H and O–H groups in total. The molecule has 158 valence electrons. The summed E-state index contributed by atoms with van der Waals surface area (Å²) in [6.07, 6.45) is 13.3. The molecule has 0 spiro atoms. The highest BCUT2D eigenvalue weighted by molar-refractivity contribution is 6.74. The SMILES string of the molecule is CC(C)(C)[Si](C)(C)O[C@H]1CC[C@H]2[C@@H]3CCC4CC(=O)C=C[C@]4(C)[C@H]3CC[C@]12C. The van der Waals surface area contributed by atoms with Gasteiger partial charge in [0, 0.05) is 6.42 Å². The Labute approximate surface area is 174 Å². The van der Waals surface area contributed by atoms with E-state index in [0.717, 1.165) is 24.2 Å². The standard InChI is InChI=1S/C25H42O2Si/c1-23(2,3)28(6,7)27-22-11-10-20-19-9-8-17-16-18(26)12-14-24(17,4)21(19)13-15-25(20,22)5/h12,14,17,19-22H,8-11,13,15-16H2,1-7H3/t17?,19-,20-,21-,22-,24-,25-/m0/s1. The monoisotopic (exact) mass is 402 g/mol. The number of hydrogen-bond acceptors (Lipinski definition) is 2. The summed E-state index contributed by atoms with van der Waals surface area (Å²) in [5.41, 5.74) is 0.602. The molecule has 0 saturated heterocycles. The lowest BCUT2D eigenvalue weighted by Gasteiger charge is -2.59. The van der Waals surface area contributed by atoms with E-state index in [1.807, 2.05) is 6.08 Å². The van der Waals surface area contributed by atoms with Crippen molar-refractivity contribution in [2.45, 2.75) is 104 Å². The molecule has 0 aromatic heterocycles. The van der Waals surface area contributed by atoms with Crippen molar-refractivity contribution in [3.63, 3.8) is 0 Å².